The molecule has 4 rings (SSSR count). The molecule has 0 saturated heterocycles. The second-order valence-electron chi connectivity index (χ2n) is 5.03. The summed E-state index contributed by atoms with van der Waals surface area (Å²) in [7, 11) is 0. The standard InChI is InChI=1S/C16H11BrN2O.BrH/c17-12-5-6-14-13(8-12)16(20)18-15-7-10-3-1-2-4-11(10)9-19(14)15;/h1-6,8H,7,9H2;1H. The minimum Gasteiger partial charge on any atom is -0.324 e. The summed E-state index contributed by atoms with van der Waals surface area (Å²) in [4.78, 5) is 16.4. The minimum absolute atomic E-state index is 0. The Labute approximate surface area is 140 Å². The molecule has 3 aromatic rings. The minimum atomic E-state index is -0.146. The van der Waals surface area contributed by atoms with E-state index in [-0.39, 0.29) is 22.5 Å². The Hall–Kier alpha value is -1.46. The molecule has 0 amide bonds. The molecular formula is C16H12Br2N2O. The van der Waals surface area contributed by atoms with Crippen molar-refractivity contribution in [3.05, 3.63) is 74.2 Å². The number of halogens is 2. The van der Waals surface area contributed by atoms with Crippen LogP contribution < -0.4 is 5.56 Å². The fraction of sp³-hybridized carbons (Fsp3) is 0.125. The highest BCUT2D eigenvalue weighted by Gasteiger charge is 2.18. The Balaban J connectivity index is 0.00000132. The molecule has 0 N–H and O–H groups in total. The Morgan fingerprint density at radius 1 is 1.10 bits per heavy atom. The van der Waals surface area contributed by atoms with E-state index in [1.807, 2.05) is 24.3 Å². The highest BCUT2D eigenvalue weighted by Crippen LogP contribution is 2.25. The molecule has 0 radical (unpaired) electrons. The molecule has 0 atom stereocenters. The Morgan fingerprint density at radius 3 is 2.67 bits per heavy atom. The van der Waals surface area contributed by atoms with E-state index in [2.05, 4.69) is 43.7 Å². The van der Waals surface area contributed by atoms with Crippen molar-refractivity contribution < 1.29 is 0 Å². The van der Waals surface area contributed by atoms with Gasteiger partial charge in [-0.25, -0.2) is 0 Å². The Morgan fingerprint density at radius 2 is 1.86 bits per heavy atom. The van der Waals surface area contributed by atoms with Crippen molar-refractivity contribution in [2.75, 3.05) is 0 Å². The first kappa shape index (κ1) is 14.5. The molecule has 0 bridgehead atoms. The molecule has 0 saturated carbocycles. The number of aromatic nitrogens is 2. The molecule has 1 aliphatic rings. The van der Waals surface area contributed by atoms with Crippen LogP contribution in [0.5, 0.6) is 0 Å². The van der Waals surface area contributed by atoms with Gasteiger partial charge in [0.2, 0.25) is 0 Å². The maximum atomic E-state index is 12.2. The average molecular weight is 408 g/mol. The van der Waals surface area contributed by atoms with Crippen LogP contribution in [0.4, 0.5) is 0 Å². The third kappa shape index (κ3) is 2.34. The van der Waals surface area contributed by atoms with Crippen molar-refractivity contribution in [3.63, 3.8) is 0 Å². The summed E-state index contributed by atoms with van der Waals surface area (Å²) < 4.78 is 3.05. The quantitative estimate of drug-likeness (QED) is 0.445. The molecule has 0 fully saturated rings. The van der Waals surface area contributed by atoms with Gasteiger partial charge in [-0.2, -0.15) is 4.98 Å². The maximum Gasteiger partial charge on any atom is 0.280 e. The summed E-state index contributed by atoms with van der Waals surface area (Å²) in [5.74, 6) is 0.850. The zero-order valence-electron chi connectivity index (χ0n) is 11.0. The van der Waals surface area contributed by atoms with Gasteiger partial charge in [0.15, 0.2) is 0 Å². The van der Waals surface area contributed by atoms with E-state index in [0.717, 1.165) is 28.8 Å². The highest BCUT2D eigenvalue weighted by atomic mass is 79.9. The van der Waals surface area contributed by atoms with E-state index in [1.165, 1.54) is 11.1 Å². The van der Waals surface area contributed by atoms with Gasteiger partial charge in [0, 0.05) is 17.4 Å². The Kier molecular flexibility index (Phi) is 3.71. The summed E-state index contributed by atoms with van der Waals surface area (Å²) >= 11 is 3.41. The monoisotopic (exact) mass is 406 g/mol. The van der Waals surface area contributed by atoms with Gasteiger partial charge in [0.1, 0.15) is 5.82 Å². The second kappa shape index (κ2) is 5.39. The molecule has 1 aliphatic heterocycles. The third-order valence-corrected chi connectivity index (χ3v) is 4.31. The number of rotatable bonds is 0. The molecular weight excluding hydrogens is 396 g/mol. The van der Waals surface area contributed by atoms with Crippen molar-refractivity contribution in [3.8, 4) is 0 Å². The van der Waals surface area contributed by atoms with Gasteiger partial charge >= 0.3 is 0 Å². The normalized spacial score (nSPS) is 12.4. The summed E-state index contributed by atoms with van der Waals surface area (Å²) in [6, 6.07) is 14.1. The smallest absolute Gasteiger partial charge is 0.280 e. The highest BCUT2D eigenvalue weighted by molar-refractivity contribution is 9.10. The lowest BCUT2D eigenvalue weighted by Crippen LogP contribution is -2.23. The van der Waals surface area contributed by atoms with Crippen molar-refractivity contribution >= 4 is 43.8 Å². The first-order valence-corrected chi connectivity index (χ1v) is 7.27. The molecule has 0 aliphatic carbocycles. The average Bonchev–Trinajstić information content (AvgIpc) is 2.46. The lowest BCUT2D eigenvalue weighted by molar-refractivity contribution is 0.694. The Bertz CT molecular complexity index is 902. The summed E-state index contributed by atoms with van der Waals surface area (Å²) in [5, 5.41) is 0.669. The van der Waals surface area contributed by atoms with Crippen LogP contribution in [0.3, 0.4) is 0 Å². The van der Waals surface area contributed by atoms with Crippen molar-refractivity contribution in [2.45, 2.75) is 13.0 Å². The van der Waals surface area contributed by atoms with E-state index in [9.17, 15) is 4.79 Å². The van der Waals surface area contributed by atoms with Gasteiger partial charge < -0.3 is 4.57 Å². The van der Waals surface area contributed by atoms with Crippen LogP contribution in [-0.2, 0) is 13.0 Å². The van der Waals surface area contributed by atoms with Crippen LogP contribution in [0.2, 0.25) is 0 Å². The molecule has 21 heavy (non-hydrogen) atoms. The second-order valence-corrected chi connectivity index (χ2v) is 5.94. The zero-order chi connectivity index (χ0) is 13.7. The van der Waals surface area contributed by atoms with Crippen LogP contribution in [0.15, 0.2) is 51.7 Å². The van der Waals surface area contributed by atoms with Gasteiger partial charge in [-0.15, -0.1) is 17.0 Å². The van der Waals surface area contributed by atoms with Crippen molar-refractivity contribution in [1.29, 1.82) is 0 Å². The fourth-order valence-electron chi connectivity index (χ4n) is 2.83. The van der Waals surface area contributed by atoms with Crippen LogP contribution in [0, 0.1) is 0 Å². The van der Waals surface area contributed by atoms with Gasteiger partial charge in [-0.05, 0) is 29.3 Å². The van der Waals surface area contributed by atoms with Crippen LogP contribution >= 0.6 is 32.9 Å². The van der Waals surface area contributed by atoms with Crippen LogP contribution in [0.1, 0.15) is 17.0 Å². The number of hydrogen-bond acceptors (Lipinski definition) is 2. The first-order chi connectivity index (χ1) is 9.72. The van der Waals surface area contributed by atoms with Gasteiger partial charge in [0.05, 0.1) is 10.9 Å². The van der Waals surface area contributed by atoms with Crippen LogP contribution in [0.25, 0.3) is 10.9 Å². The van der Waals surface area contributed by atoms with Crippen molar-refractivity contribution in [1.82, 2.24) is 9.55 Å². The van der Waals surface area contributed by atoms with Gasteiger partial charge in [-0.1, -0.05) is 40.2 Å². The SMILES string of the molecule is Br.O=c1nc2n(c3ccc(Br)cc13)Cc1ccccc1C2. The predicted molar refractivity (Wildman–Crippen MR) is 92.4 cm³/mol. The van der Waals surface area contributed by atoms with Crippen molar-refractivity contribution in [2.24, 2.45) is 0 Å². The lowest BCUT2D eigenvalue weighted by Gasteiger charge is -2.22. The molecule has 2 heterocycles. The lowest BCUT2D eigenvalue weighted by atomic mass is 10.00. The van der Waals surface area contributed by atoms with Crippen LogP contribution in [-0.4, -0.2) is 9.55 Å². The molecule has 1 aromatic heterocycles. The molecule has 106 valence electrons. The van der Waals surface area contributed by atoms with E-state index >= 15 is 0 Å². The number of nitrogens with zero attached hydrogens (tertiary/aromatic N) is 2. The maximum absolute atomic E-state index is 12.2. The molecule has 2 aromatic carbocycles. The molecule has 0 spiro atoms. The summed E-state index contributed by atoms with van der Waals surface area (Å²) in [6.07, 6.45) is 0.720. The first-order valence-electron chi connectivity index (χ1n) is 6.48. The summed E-state index contributed by atoms with van der Waals surface area (Å²) in [6.45, 7) is 0.775. The topological polar surface area (TPSA) is 34.9 Å². The summed E-state index contributed by atoms with van der Waals surface area (Å²) in [5.41, 5.74) is 3.37. The third-order valence-electron chi connectivity index (χ3n) is 3.82. The number of benzene rings is 2. The zero-order valence-corrected chi connectivity index (χ0v) is 14.3. The predicted octanol–water partition coefficient (Wildman–Crippen LogP) is 3.69. The van der Waals surface area contributed by atoms with E-state index in [1.54, 1.807) is 0 Å². The van der Waals surface area contributed by atoms with E-state index < -0.39 is 0 Å². The van der Waals surface area contributed by atoms with Gasteiger partial charge in [-0.3, -0.25) is 4.79 Å². The van der Waals surface area contributed by atoms with E-state index in [0.29, 0.717) is 5.39 Å². The largest absolute Gasteiger partial charge is 0.324 e. The molecule has 0 unspecified atom stereocenters. The fourth-order valence-corrected chi connectivity index (χ4v) is 3.19. The van der Waals surface area contributed by atoms with Gasteiger partial charge in [0.25, 0.3) is 5.56 Å². The molecule has 5 heteroatoms. The molecule has 3 nitrogen and oxygen atoms in total. The number of hydrogen-bond donors (Lipinski definition) is 0. The van der Waals surface area contributed by atoms with E-state index in [4.69, 9.17) is 0 Å². The number of fused-ring (bicyclic) bond motifs is 4.